The summed E-state index contributed by atoms with van der Waals surface area (Å²) in [5.41, 5.74) is 1.10. The van der Waals surface area contributed by atoms with Crippen molar-refractivity contribution in [3.8, 4) is 5.75 Å². The van der Waals surface area contributed by atoms with Crippen LogP contribution in [0.2, 0.25) is 0 Å². The average molecular weight is 201 g/mol. The summed E-state index contributed by atoms with van der Waals surface area (Å²) in [6.45, 7) is 8.11. The van der Waals surface area contributed by atoms with Gasteiger partial charge in [-0.25, -0.2) is 0 Å². The number of benzene rings is 1. The predicted molar refractivity (Wildman–Crippen MR) is 65.8 cm³/mol. The highest BCUT2D eigenvalue weighted by molar-refractivity contribution is 5.57. The zero-order chi connectivity index (χ0) is 10.9. The Kier molecular flexibility index (Phi) is 5.31. The van der Waals surface area contributed by atoms with Crippen molar-refractivity contribution >= 4 is 6.08 Å². The van der Waals surface area contributed by atoms with Crippen molar-refractivity contribution in [1.82, 2.24) is 0 Å². The molecule has 0 saturated carbocycles. The Morgan fingerprint density at radius 1 is 1.27 bits per heavy atom. The summed E-state index contributed by atoms with van der Waals surface area (Å²) in [7, 11) is 0. The van der Waals surface area contributed by atoms with Gasteiger partial charge in [-0.1, -0.05) is 36.4 Å². The molecule has 0 atom stereocenters. The summed E-state index contributed by atoms with van der Waals surface area (Å²) < 4.78 is 5.63. The van der Waals surface area contributed by atoms with E-state index in [1.807, 2.05) is 42.5 Å². The van der Waals surface area contributed by atoms with E-state index >= 15 is 0 Å². The van der Waals surface area contributed by atoms with Gasteiger partial charge in [0, 0.05) is 5.56 Å². The van der Waals surface area contributed by atoms with Crippen molar-refractivity contribution in [1.29, 1.82) is 0 Å². The Bertz CT molecular complexity index is 326. The second kappa shape index (κ2) is 6.88. The Morgan fingerprint density at radius 2 is 2.07 bits per heavy atom. The molecular weight excluding hydrogens is 184 g/mol. The minimum absolute atomic E-state index is 0.679. The largest absolute Gasteiger partial charge is 0.493 e. The number of hydrogen-bond donors (Lipinski definition) is 0. The molecule has 0 heterocycles. The van der Waals surface area contributed by atoms with E-state index in [9.17, 15) is 0 Å². The van der Waals surface area contributed by atoms with Crippen LogP contribution in [-0.2, 0) is 0 Å². The smallest absolute Gasteiger partial charge is 0.126 e. The fourth-order valence-electron chi connectivity index (χ4n) is 1.21. The van der Waals surface area contributed by atoms with Crippen LogP contribution in [0.15, 0.2) is 43.0 Å². The van der Waals surface area contributed by atoms with Crippen LogP contribution >= 0.6 is 0 Å². The van der Waals surface area contributed by atoms with E-state index in [1.165, 1.54) is 0 Å². The molecule has 1 radical (unpaired) electrons. The van der Waals surface area contributed by atoms with Gasteiger partial charge in [-0.15, -0.1) is 6.58 Å². The molecule has 1 rings (SSSR count). The van der Waals surface area contributed by atoms with Gasteiger partial charge < -0.3 is 4.74 Å². The fourth-order valence-corrected chi connectivity index (χ4v) is 1.21. The minimum Gasteiger partial charge on any atom is -0.493 e. The summed E-state index contributed by atoms with van der Waals surface area (Å²) in [4.78, 5) is 0. The van der Waals surface area contributed by atoms with Gasteiger partial charge in [0.05, 0.1) is 6.61 Å². The third-order valence-corrected chi connectivity index (χ3v) is 1.96. The molecule has 0 amide bonds. The van der Waals surface area contributed by atoms with Gasteiger partial charge in [0.1, 0.15) is 5.75 Å². The molecule has 0 N–H and O–H groups in total. The topological polar surface area (TPSA) is 9.23 Å². The standard InChI is InChI=1S/C14H17O/c1-3-5-9-13-10-7-8-11-14(13)15-12-6-4-2/h4-5,7-11H,1-3,6,12H2. The molecule has 0 aliphatic carbocycles. The van der Waals surface area contributed by atoms with E-state index in [-0.39, 0.29) is 0 Å². The summed E-state index contributed by atoms with van der Waals surface area (Å²) >= 11 is 0. The third-order valence-electron chi connectivity index (χ3n) is 1.96. The zero-order valence-corrected chi connectivity index (χ0v) is 8.99. The van der Waals surface area contributed by atoms with Gasteiger partial charge in [0.15, 0.2) is 0 Å². The Morgan fingerprint density at radius 3 is 2.80 bits per heavy atom. The molecule has 0 aromatic heterocycles. The van der Waals surface area contributed by atoms with Crippen LogP contribution in [-0.4, -0.2) is 6.61 Å². The average Bonchev–Trinajstić information content (AvgIpc) is 2.28. The van der Waals surface area contributed by atoms with E-state index in [0.29, 0.717) is 6.61 Å². The summed E-state index contributed by atoms with van der Waals surface area (Å²) in [5, 5.41) is 0. The second-order valence-electron chi connectivity index (χ2n) is 3.15. The molecule has 0 unspecified atom stereocenters. The van der Waals surface area contributed by atoms with Crippen LogP contribution in [0.25, 0.3) is 6.08 Å². The van der Waals surface area contributed by atoms with Gasteiger partial charge in [-0.3, -0.25) is 0 Å². The first-order valence-electron chi connectivity index (χ1n) is 5.17. The number of ether oxygens (including phenoxy) is 1. The van der Waals surface area contributed by atoms with Crippen molar-refractivity contribution in [2.24, 2.45) is 0 Å². The Balaban J connectivity index is 2.67. The Hall–Kier alpha value is -1.50. The molecule has 0 bridgehead atoms. The number of allylic oxidation sites excluding steroid dienone is 1. The highest BCUT2D eigenvalue weighted by Gasteiger charge is 1.97. The van der Waals surface area contributed by atoms with E-state index in [1.54, 1.807) is 0 Å². The first-order valence-corrected chi connectivity index (χ1v) is 5.17. The molecule has 1 aromatic rings. The molecule has 79 valence electrons. The molecule has 0 aliphatic rings. The van der Waals surface area contributed by atoms with Crippen molar-refractivity contribution in [3.05, 3.63) is 55.5 Å². The molecule has 1 aromatic carbocycles. The third kappa shape index (κ3) is 4.03. The zero-order valence-electron chi connectivity index (χ0n) is 8.99. The maximum Gasteiger partial charge on any atom is 0.126 e. The molecule has 0 fully saturated rings. The monoisotopic (exact) mass is 201 g/mol. The summed E-state index contributed by atoms with van der Waals surface area (Å²) in [6, 6.07) is 8.00. The van der Waals surface area contributed by atoms with Crippen LogP contribution in [0, 0.1) is 6.92 Å². The van der Waals surface area contributed by atoms with Crippen LogP contribution in [0.4, 0.5) is 0 Å². The molecular formula is C14H17O. The van der Waals surface area contributed by atoms with Crippen LogP contribution in [0.3, 0.4) is 0 Å². The molecule has 1 nitrogen and oxygen atoms in total. The molecule has 15 heavy (non-hydrogen) atoms. The van der Waals surface area contributed by atoms with Gasteiger partial charge in [-0.2, -0.15) is 0 Å². The van der Waals surface area contributed by atoms with Crippen molar-refractivity contribution in [2.45, 2.75) is 12.8 Å². The lowest BCUT2D eigenvalue weighted by Gasteiger charge is -2.07. The van der Waals surface area contributed by atoms with Crippen LogP contribution < -0.4 is 4.74 Å². The number of rotatable bonds is 6. The molecule has 0 saturated heterocycles. The van der Waals surface area contributed by atoms with Gasteiger partial charge in [0.25, 0.3) is 0 Å². The summed E-state index contributed by atoms with van der Waals surface area (Å²) in [6.07, 6.45) is 7.58. The highest BCUT2D eigenvalue weighted by atomic mass is 16.5. The lowest BCUT2D eigenvalue weighted by Crippen LogP contribution is -1.96. The lowest BCUT2D eigenvalue weighted by molar-refractivity contribution is 0.324. The predicted octanol–water partition coefficient (Wildman–Crippen LogP) is 3.88. The molecule has 0 aliphatic heterocycles. The first kappa shape index (κ1) is 11.6. The number of para-hydroxylation sites is 1. The normalized spacial score (nSPS) is 10.5. The van der Waals surface area contributed by atoms with E-state index in [0.717, 1.165) is 24.2 Å². The Labute approximate surface area is 92.1 Å². The minimum atomic E-state index is 0.679. The number of hydrogen-bond acceptors (Lipinski definition) is 1. The first-order chi connectivity index (χ1) is 7.38. The highest BCUT2D eigenvalue weighted by Crippen LogP contribution is 2.19. The fraction of sp³-hybridized carbons (Fsp3) is 0.214. The van der Waals surface area contributed by atoms with E-state index in [4.69, 9.17) is 4.74 Å². The van der Waals surface area contributed by atoms with Gasteiger partial charge in [-0.05, 0) is 25.8 Å². The SMILES string of the molecule is [CH2]CC=Cc1ccccc1OCCC=C. The quantitative estimate of drug-likeness (QED) is 0.501. The molecule has 0 spiro atoms. The maximum absolute atomic E-state index is 5.63. The van der Waals surface area contributed by atoms with E-state index in [2.05, 4.69) is 13.5 Å². The van der Waals surface area contributed by atoms with Gasteiger partial charge in [0.2, 0.25) is 0 Å². The van der Waals surface area contributed by atoms with Crippen LogP contribution in [0.5, 0.6) is 5.75 Å². The second-order valence-corrected chi connectivity index (χ2v) is 3.15. The van der Waals surface area contributed by atoms with Crippen LogP contribution in [0.1, 0.15) is 18.4 Å². The van der Waals surface area contributed by atoms with E-state index < -0.39 is 0 Å². The summed E-state index contributed by atoms with van der Waals surface area (Å²) in [5.74, 6) is 0.920. The molecule has 1 heteroatoms. The van der Waals surface area contributed by atoms with Crippen molar-refractivity contribution in [3.63, 3.8) is 0 Å². The van der Waals surface area contributed by atoms with Crippen molar-refractivity contribution < 1.29 is 4.74 Å². The van der Waals surface area contributed by atoms with Crippen molar-refractivity contribution in [2.75, 3.05) is 6.61 Å². The van der Waals surface area contributed by atoms with Gasteiger partial charge >= 0.3 is 0 Å². The maximum atomic E-state index is 5.63. The lowest BCUT2D eigenvalue weighted by atomic mass is 10.2.